The Kier molecular flexibility index (Phi) is 8.80. The van der Waals surface area contributed by atoms with Crippen molar-refractivity contribution in [3.63, 3.8) is 0 Å². The Labute approximate surface area is 301 Å². The number of pyridine rings is 1. The van der Waals surface area contributed by atoms with Crippen LogP contribution in [0, 0.1) is 19.3 Å². The summed E-state index contributed by atoms with van der Waals surface area (Å²) >= 11 is 0. The molecular weight excluding hydrogens is 640 g/mol. The number of anilines is 3. The molecule has 1 atom stereocenters. The zero-order valence-corrected chi connectivity index (χ0v) is 31.2. The molecule has 1 aromatic carbocycles. The maximum absolute atomic E-state index is 13.6. The Morgan fingerprint density at radius 2 is 1.78 bits per heavy atom. The lowest BCUT2D eigenvalue weighted by molar-refractivity contribution is 0.0218. The van der Waals surface area contributed by atoms with Gasteiger partial charge >= 0.3 is 6.09 Å². The number of hydrogen-bond donors (Lipinski definition) is 1. The molecule has 0 radical (unpaired) electrons. The van der Waals surface area contributed by atoms with Crippen LogP contribution in [0.1, 0.15) is 80.2 Å². The van der Waals surface area contributed by atoms with E-state index in [2.05, 4.69) is 76.7 Å². The van der Waals surface area contributed by atoms with Crippen LogP contribution in [0.25, 0.3) is 11.3 Å². The van der Waals surface area contributed by atoms with Crippen molar-refractivity contribution in [1.29, 1.82) is 0 Å². The lowest BCUT2D eigenvalue weighted by atomic mass is 9.90. The molecule has 5 heterocycles. The molecule has 3 aliphatic rings. The minimum Gasteiger partial charge on any atom is -0.444 e. The average molecular weight is 691 g/mol. The highest BCUT2D eigenvalue weighted by Gasteiger charge is 2.36. The van der Waals surface area contributed by atoms with E-state index in [-0.39, 0.29) is 23.5 Å². The van der Waals surface area contributed by atoms with Crippen LogP contribution in [0.3, 0.4) is 0 Å². The normalized spacial score (nSPS) is 18.5. The molecule has 1 fully saturated rings. The molecule has 7 rings (SSSR count). The van der Waals surface area contributed by atoms with Crippen molar-refractivity contribution < 1.29 is 14.3 Å². The van der Waals surface area contributed by atoms with Crippen LogP contribution in [0.2, 0.25) is 0 Å². The topological polar surface area (TPSA) is 109 Å². The number of aromatic nitrogens is 4. The lowest BCUT2D eigenvalue weighted by Crippen LogP contribution is -2.54. The molecular formula is C40H50N8O3. The number of hydrogen-bond acceptors (Lipinski definition) is 8. The van der Waals surface area contributed by atoms with Crippen molar-refractivity contribution in [3.8, 4) is 11.3 Å². The zero-order chi connectivity index (χ0) is 36.2. The first-order chi connectivity index (χ1) is 24.1. The molecule has 0 saturated carbocycles. The summed E-state index contributed by atoms with van der Waals surface area (Å²) in [5.74, 6) is 2.12. The average Bonchev–Trinajstić information content (AvgIpc) is 3.54. The van der Waals surface area contributed by atoms with Gasteiger partial charge in [0.05, 0.1) is 17.6 Å². The fourth-order valence-corrected chi connectivity index (χ4v) is 7.72. The van der Waals surface area contributed by atoms with Gasteiger partial charge in [0.1, 0.15) is 28.8 Å². The third-order valence-corrected chi connectivity index (χ3v) is 10.2. The highest BCUT2D eigenvalue weighted by Crippen LogP contribution is 2.39. The van der Waals surface area contributed by atoms with E-state index in [1.807, 2.05) is 57.0 Å². The van der Waals surface area contributed by atoms with Crippen LogP contribution in [-0.4, -0.2) is 79.1 Å². The van der Waals surface area contributed by atoms with Crippen LogP contribution in [-0.2, 0) is 30.7 Å². The minimum atomic E-state index is -0.514. The van der Waals surface area contributed by atoms with Gasteiger partial charge in [0.15, 0.2) is 0 Å². The number of fused-ring (bicyclic) bond motifs is 3. The number of nitrogens with one attached hydrogen (secondary N) is 1. The van der Waals surface area contributed by atoms with Gasteiger partial charge in [-0.3, -0.25) is 4.79 Å². The van der Waals surface area contributed by atoms with Crippen molar-refractivity contribution in [3.05, 3.63) is 82.6 Å². The summed E-state index contributed by atoms with van der Waals surface area (Å²) in [6.07, 6.45) is 3.66. The highest BCUT2D eigenvalue weighted by atomic mass is 16.6. The molecule has 1 aliphatic carbocycles. The molecule has 0 spiro atoms. The van der Waals surface area contributed by atoms with Gasteiger partial charge in [0, 0.05) is 62.6 Å². The second kappa shape index (κ2) is 13.0. The monoisotopic (exact) mass is 690 g/mol. The number of ether oxygens (including phenoxy) is 1. The predicted molar refractivity (Wildman–Crippen MR) is 199 cm³/mol. The van der Waals surface area contributed by atoms with E-state index in [0.29, 0.717) is 50.2 Å². The van der Waals surface area contributed by atoms with Gasteiger partial charge in [0.2, 0.25) is 0 Å². The van der Waals surface area contributed by atoms with E-state index in [1.165, 1.54) is 11.3 Å². The predicted octanol–water partition coefficient (Wildman–Crippen LogP) is 6.93. The van der Waals surface area contributed by atoms with Gasteiger partial charge in [-0.05, 0) is 101 Å². The summed E-state index contributed by atoms with van der Waals surface area (Å²) in [5, 5.41) is 3.36. The quantitative estimate of drug-likeness (QED) is 0.232. The fourth-order valence-electron chi connectivity index (χ4n) is 7.72. The van der Waals surface area contributed by atoms with Crippen molar-refractivity contribution in [1.82, 2.24) is 29.3 Å². The SMILES string of the molecule is Cc1nc(Nc2ccc(N3CCN(C(=O)OC(C)(C)C)C[C@@H]3C)cn2)cc(-c2ccc(CN3CCn4c(cc5c4CC(C)(C)C5)C3=O)c(C)c2)n1. The lowest BCUT2D eigenvalue weighted by Gasteiger charge is -2.41. The first-order valence-electron chi connectivity index (χ1n) is 18.1. The van der Waals surface area contributed by atoms with Gasteiger partial charge < -0.3 is 29.3 Å². The summed E-state index contributed by atoms with van der Waals surface area (Å²) < 4.78 is 7.84. The number of carbonyl (C=O) groups excluding carboxylic acids is 2. The smallest absolute Gasteiger partial charge is 0.410 e. The minimum absolute atomic E-state index is 0.120. The van der Waals surface area contributed by atoms with E-state index in [4.69, 9.17) is 9.72 Å². The number of piperazine rings is 1. The van der Waals surface area contributed by atoms with E-state index >= 15 is 0 Å². The van der Waals surface area contributed by atoms with Crippen LogP contribution >= 0.6 is 0 Å². The molecule has 0 unspecified atom stereocenters. The third-order valence-electron chi connectivity index (χ3n) is 10.2. The number of carbonyl (C=O) groups is 2. The van der Waals surface area contributed by atoms with Crippen LogP contribution in [0.15, 0.2) is 48.7 Å². The molecule has 51 heavy (non-hydrogen) atoms. The van der Waals surface area contributed by atoms with Gasteiger partial charge in [-0.15, -0.1) is 0 Å². The van der Waals surface area contributed by atoms with Gasteiger partial charge in [-0.25, -0.2) is 19.7 Å². The van der Waals surface area contributed by atoms with Crippen LogP contribution in [0.4, 0.5) is 22.1 Å². The van der Waals surface area contributed by atoms with Crippen molar-refractivity contribution in [2.24, 2.45) is 5.41 Å². The van der Waals surface area contributed by atoms with E-state index in [0.717, 1.165) is 53.2 Å². The Hall–Kier alpha value is -4.93. The number of rotatable bonds is 6. The summed E-state index contributed by atoms with van der Waals surface area (Å²) in [4.78, 5) is 46.2. The first-order valence-corrected chi connectivity index (χ1v) is 18.1. The zero-order valence-electron chi connectivity index (χ0n) is 31.2. The van der Waals surface area contributed by atoms with Gasteiger partial charge in [0.25, 0.3) is 5.91 Å². The fraction of sp³-hybridized carbons (Fsp3) is 0.475. The standard InChI is InChI=1S/C40H50N8O3/c1-25-17-28(9-10-29(25)24-45-13-16-48-33(37(45)49)18-30-20-40(7,8)21-34(30)48)32-19-36(43-27(3)42-32)44-35-12-11-31(22-41-35)47-15-14-46(23-26(47)2)38(50)51-39(4,5)6/h9-12,17-19,22,26H,13-16,20-21,23-24H2,1-8H3,(H,41,42,43,44)/t26-/m0/s1. The Bertz CT molecular complexity index is 1980. The maximum atomic E-state index is 13.6. The molecule has 1 saturated heterocycles. The van der Waals surface area contributed by atoms with Crippen LogP contribution < -0.4 is 10.2 Å². The summed E-state index contributed by atoms with van der Waals surface area (Å²) in [5.41, 5.74) is 8.35. The van der Waals surface area contributed by atoms with Crippen molar-refractivity contribution in [2.75, 3.05) is 36.4 Å². The molecule has 1 N–H and O–H groups in total. The Morgan fingerprint density at radius 3 is 2.49 bits per heavy atom. The van der Waals surface area contributed by atoms with Gasteiger partial charge in [-0.2, -0.15) is 0 Å². The number of amides is 2. The molecule has 2 aliphatic heterocycles. The molecule has 3 aromatic heterocycles. The number of aryl methyl sites for hydroxylation is 2. The summed E-state index contributed by atoms with van der Waals surface area (Å²) in [7, 11) is 0. The third kappa shape index (κ3) is 7.29. The highest BCUT2D eigenvalue weighted by molar-refractivity contribution is 5.94. The Morgan fingerprint density at radius 1 is 0.980 bits per heavy atom. The molecule has 2 amide bonds. The summed E-state index contributed by atoms with van der Waals surface area (Å²) in [6.45, 7) is 20.4. The van der Waals surface area contributed by atoms with Crippen molar-refractivity contribution in [2.45, 2.75) is 93.0 Å². The molecule has 11 heteroatoms. The van der Waals surface area contributed by atoms with E-state index < -0.39 is 5.60 Å². The van der Waals surface area contributed by atoms with E-state index in [1.54, 1.807) is 4.90 Å². The van der Waals surface area contributed by atoms with Crippen molar-refractivity contribution >= 4 is 29.3 Å². The number of benzene rings is 1. The van der Waals surface area contributed by atoms with Gasteiger partial charge in [-0.1, -0.05) is 26.0 Å². The molecule has 268 valence electrons. The maximum Gasteiger partial charge on any atom is 0.410 e. The largest absolute Gasteiger partial charge is 0.444 e. The molecule has 4 aromatic rings. The Balaban J connectivity index is 0.993. The second-order valence-electron chi connectivity index (χ2n) is 16.2. The molecule has 11 nitrogen and oxygen atoms in total. The number of nitrogens with zero attached hydrogens (tertiary/aromatic N) is 7. The molecule has 0 bridgehead atoms. The first kappa shape index (κ1) is 34.5. The summed E-state index contributed by atoms with van der Waals surface area (Å²) in [6, 6.07) is 14.5. The second-order valence-corrected chi connectivity index (χ2v) is 16.2. The van der Waals surface area contributed by atoms with E-state index in [9.17, 15) is 9.59 Å². The van der Waals surface area contributed by atoms with Crippen LogP contribution in [0.5, 0.6) is 0 Å².